The molecule has 2 nitrogen and oxygen atoms in total. The zero-order chi connectivity index (χ0) is 14.0. The first-order valence-corrected chi connectivity index (χ1v) is 6.80. The molecule has 106 valence electrons. The monoisotopic (exact) mass is 337 g/mol. The highest BCUT2D eigenvalue weighted by Gasteiger charge is 2.33. The van der Waals surface area contributed by atoms with Crippen molar-refractivity contribution in [1.82, 2.24) is 4.90 Å². The molecule has 0 aliphatic carbocycles. The van der Waals surface area contributed by atoms with Gasteiger partial charge in [-0.1, -0.05) is 22.0 Å². The maximum Gasteiger partial charge on any atom is 0.417 e. The third-order valence-corrected chi connectivity index (χ3v) is 3.96. The van der Waals surface area contributed by atoms with Crippen molar-refractivity contribution >= 4 is 15.9 Å². The van der Waals surface area contributed by atoms with E-state index in [0.717, 1.165) is 31.1 Å². The fourth-order valence-electron chi connectivity index (χ4n) is 2.28. The summed E-state index contributed by atoms with van der Waals surface area (Å²) in [7, 11) is 1.68. The molecule has 2 rings (SSSR count). The van der Waals surface area contributed by atoms with Crippen LogP contribution in [0.5, 0.6) is 0 Å². The largest absolute Gasteiger partial charge is 0.417 e. The van der Waals surface area contributed by atoms with Gasteiger partial charge in [-0.2, -0.15) is 13.2 Å². The molecule has 0 bridgehead atoms. The second-order valence-corrected chi connectivity index (χ2v) is 5.55. The van der Waals surface area contributed by atoms with Gasteiger partial charge in [0.25, 0.3) is 0 Å². The van der Waals surface area contributed by atoms with Gasteiger partial charge in [-0.15, -0.1) is 0 Å². The Kier molecular flexibility index (Phi) is 4.53. The van der Waals surface area contributed by atoms with E-state index in [1.54, 1.807) is 13.2 Å². The first kappa shape index (κ1) is 14.8. The van der Waals surface area contributed by atoms with Crippen LogP contribution >= 0.6 is 15.9 Å². The summed E-state index contributed by atoms with van der Waals surface area (Å²) >= 11 is 2.99. The van der Waals surface area contributed by atoms with E-state index in [4.69, 9.17) is 4.74 Å². The van der Waals surface area contributed by atoms with Crippen LogP contribution in [0, 0.1) is 0 Å². The van der Waals surface area contributed by atoms with Gasteiger partial charge < -0.3 is 4.74 Å². The van der Waals surface area contributed by atoms with Crippen LogP contribution in [0.2, 0.25) is 0 Å². The van der Waals surface area contributed by atoms with Crippen LogP contribution in [0.1, 0.15) is 17.5 Å². The van der Waals surface area contributed by atoms with Gasteiger partial charge >= 0.3 is 6.18 Å². The first-order valence-electron chi connectivity index (χ1n) is 6.01. The van der Waals surface area contributed by atoms with Crippen LogP contribution in [0.3, 0.4) is 0 Å². The van der Waals surface area contributed by atoms with E-state index in [2.05, 4.69) is 20.8 Å². The molecule has 0 amide bonds. The molecular formula is C13H15BrF3NO. The maximum absolute atomic E-state index is 12.6. The van der Waals surface area contributed by atoms with Crippen molar-refractivity contribution in [2.24, 2.45) is 0 Å². The van der Waals surface area contributed by atoms with Crippen molar-refractivity contribution < 1.29 is 17.9 Å². The Labute approximate surface area is 118 Å². The summed E-state index contributed by atoms with van der Waals surface area (Å²) in [5.74, 6) is 0. The third-order valence-electron chi connectivity index (χ3n) is 3.31. The smallest absolute Gasteiger partial charge is 0.380 e. The van der Waals surface area contributed by atoms with Gasteiger partial charge in [-0.3, -0.25) is 4.90 Å². The summed E-state index contributed by atoms with van der Waals surface area (Å²) in [6.45, 7) is 2.39. The van der Waals surface area contributed by atoms with Crippen LogP contribution in [0.15, 0.2) is 22.7 Å². The minimum atomic E-state index is -4.31. The Morgan fingerprint density at radius 2 is 2.16 bits per heavy atom. The summed E-state index contributed by atoms with van der Waals surface area (Å²) in [6, 6.07) is 4.21. The van der Waals surface area contributed by atoms with Gasteiger partial charge in [0.05, 0.1) is 11.7 Å². The average Bonchev–Trinajstić information content (AvgIpc) is 2.75. The van der Waals surface area contributed by atoms with Gasteiger partial charge in [0, 0.05) is 31.2 Å². The Bertz CT molecular complexity index is 450. The number of hydrogen-bond acceptors (Lipinski definition) is 2. The number of benzene rings is 1. The molecule has 1 aliphatic heterocycles. The van der Waals surface area contributed by atoms with Crippen LogP contribution in [0.25, 0.3) is 0 Å². The molecule has 0 spiro atoms. The van der Waals surface area contributed by atoms with E-state index in [1.807, 2.05) is 0 Å². The molecule has 1 unspecified atom stereocenters. The molecule has 1 aliphatic rings. The number of ether oxygens (including phenoxy) is 1. The van der Waals surface area contributed by atoms with Crippen molar-refractivity contribution in [3.63, 3.8) is 0 Å². The highest BCUT2D eigenvalue weighted by Crippen LogP contribution is 2.35. The number of nitrogens with zero attached hydrogens (tertiary/aromatic N) is 1. The van der Waals surface area contributed by atoms with Crippen molar-refractivity contribution in [2.45, 2.75) is 25.2 Å². The Morgan fingerprint density at radius 3 is 2.68 bits per heavy atom. The SMILES string of the molecule is COC1CCN(Cc2ccc(C(F)(F)F)c(Br)c2)C1. The van der Waals surface area contributed by atoms with Gasteiger partial charge in [-0.05, 0) is 24.1 Å². The molecular weight excluding hydrogens is 323 g/mol. The predicted octanol–water partition coefficient (Wildman–Crippen LogP) is 3.69. The zero-order valence-electron chi connectivity index (χ0n) is 10.5. The lowest BCUT2D eigenvalue weighted by Gasteiger charge is -2.17. The summed E-state index contributed by atoms with van der Waals surface area (Å²) < 4.78 is 43.2. The lowest BCUT2D eigenvalue weighted by Crippen LogP contribution is -2.22. The summed E-state index contributed by atoms with van der Waals surface area (Å²) in [6.07, 6.45) is -3.11. The average molecular weight is 338 g/mol. The fraction of sp³-hybridized carbons (Fsp3) is 0.538. The lowest BCUT2D eigenvalue weighted by molar-refractivity contribution is -0.138. The van der Waals surface area contributed by atoms with E-state index in [1.165, 1.54) is 6.07 Å². The molecule has 1 atom stereocenters. The molecule has 0 radical (unpaired) electrons. The van der Waals surface area contributed by atoms with Crippen LogP contribution in [0.4, 0.5) is 13.2 Å². The summed E-state index contributed by atoms with van der Waals surface area (Å²) in [4.78, 5) is 2.18. The van der Waals surface area contributed by atoms with Gasteiger partial charge in [0.1, 0.15) is 0 Å². The molecule has 0 aromatic heterocycles. The van der Waals surface area contributed by atoms with E-state index in [9.17, 15) is 13.2 Å². The van der Waals surface area contributed by atoms with E-state index in [-0.39, 0.29) is 10.6 Å². The van der Waals surface area contributed by atoms with E-state index >= 15 is 0 Å². The number of methoxy groups -OCH3 is 1. The number of hydrogen-bond donors (Lipinski definition) is 0. The second-order valence-electron chi connectivity index (χ2n) is 4.69. The minimum Gasteiger partial charge on any atom is -0.380 e. The molecule has 6 heteroatoms. The Morgan fingerprint density at radius 1 is 1.42 bits per heavy atom. The maximum atomic E-state index is 12.6. The van der Waals surface area contributed by atoms with Crippen LogP contribution in [-0.4, -0.2) is 31.2 Å². The van der Waals surface area contributed by atoms with Crippen molar-refractivity contribution in [2.75, 3.05) is 20.2 Å². The second kappa shape index (κ2) is 5.81. The molecule has 1 fully saturated rings. The summed E-state index contributed by atoms with van der Waals surface area (Å²) in [5, 5.41) is 0. The molecule has 19 heavy (non-hydrogen) atoms. The third kappa shape index (κ3) is 3.70. The Hall–Kier alpha value is -0.590. The Balaban J connectivity index is 2.05. The quantitative estimate of drug-likeness (QED) is 0.834. The number of alkyl halides is 3. The molecule has 0 N–H and O–H groups in total. The van der Waals surface area contributed by atoms with Crippen LogP contribution < -0.4 is 0 Å². The van der Waals surface area contributed by atoms with Crippen molar-refractivity contribution in [3.8, 4) is 0 Å². The van der Waals surface area contributed by atoms with Crippen LogP contribution in [-0.2, 0) is 17.5 Å². The molecule has 1 saturated heterocycles. The minimum absolute atomic E-state index is 0.0972. The summed E-state index contributed by atoms with van der Waals surface area (Å²) in [5.41, 5.74) is 0.240. The first-order chi connectivity index (χ1) is 8.90. The molecule has 0 saturated carbocycles. The highest BCUT2D eigenvalue weighted by molar-refractivity contribution is 9.10. The van der Waals surface area contributed by atoms with Gasteiger partial charge in [0.2, 0.25) is 0 Å². The highest BCUT2D eigenvalue weighted by atomic mass is 79.9. The van der Waals surface area contributed by atoms with E-state index < -0.39 is 11.7 Å². The molecule has 1 aromatic rings. The number of rotatable bonds is 3. The van der Waals surface area contributed by atoms with Crippen molar-refractivity contribution in [3.05, 3.63) is 33.8 Å². The lowest BCUT2D eigenvalue weighted by atomic mass is 10.1. The number of likely N-dealkylation sites (tertiary alicyclic amines) is 1. The molecule has 1 heterocycles. The van der Waals surface area contributed by atoms with Crippen molar-refractivity contribution in [1.29, 1.82) is 0 Å². The van der Waals surface area contributed by atoms with Gasteiger partial charge in [-0.25, -0.2) is 0 Å². The standard InChI is InChI=1S/C13H15BrF3NO/c1-19-10-4-5-18(8-10)7-9-2-3-11(12(14)6-9)13(15,16)17/h2-3,6,10H,4-5,7-8H2,1H3. The predicted molar refractivity (Wildman–Crippen MR) is 69.8 cm³/mol. The normalized spacial score (nSPS) is 21.0. The topological polar surface area (TPSA) is 12.5 Å². The van der Waals surface area contributed by atoms with E-state index in [0.29, 0.717) is 6.54 Å². The van der Waals surface area contributed by atoms with Gasteiger partial charge in [0.15, 0.2) is 0 Å². The molecule has 1 aromatic carbocycles. The number of halogens is 4. The fourth-order valence-corrected chi connectivity index (χ4v) is 2.93. The zero-order valence-corrected chi connectivity index (χ0v) is 12.1.